The number of nitrogens with two attached hydrogens (primary N) is 1. The molecular weight excluding hydrogens is 346 g/mol. The van der Waals surface area contributed by atoms with Gasteiger partial charge >= 0.3 is 5.97 Å². The number of hydrogen-bond donors (Lipinski definition) is 4. The molecule has 0 aliphatic heterocycles. The van der Waals surface area contributed by atoms with E-state index < -0.39 is 18.0 Å². The molecule has 0 saturated heterocycles. The Bertz CT molecular complexity index is 522. The number of rotatable bonds is 11. The summed E-state index contributed by atoms with van der Waals surface area (Å²) in [5.74, 6) is -1.72. The first-order valence-electron chi connectivity index (χ1n) is 7.93. The van der Waals surface area contributed by atoms with E-state index in [0.717, 1.165) is 25.0 Å². The Morgan fingerprint density at radius 1 is 1.40 bits per heavy atom. The molecular formula is C16H29N3O5S. The first-order valence-corrected chi connectivity index (χ1v) is 9.09. The summed E-state index contributed by atoms with van der Waals surface area (Å²) >= 11 is 1.42. The van der Waals surface area contributed by atoms with Gasteiger partial charge in [-0.15, -0.1) is 0 Å². The summed E-state index contributed by atoms with van der Waals surface area (Å²) in [5.41, 5.74) is 5.21. The Morgan fingerprint density at radius 3 is 2.48 bits per heavy atom. The lowest BCUT2D eigenvalue weighted by molar-refractivity contribution is -0.306. The van der Waals surface area contributed by atoms with Gasteiger partial charge in [-0.1, -0.05) is 19.9 Å². The second-order valence-corrected chi connectivity index (χ2v) is 7.80. The smallest absolute Gasteiger partial charge is 0.352 e. The highest BCUT2D eigenvalue weighted by Crippen LogP contribution is 2.51. The van der Waals surface area contributed by atoms with E-state index in [1.807, 2.05) is 13.8 Å². The first kappa shape index (κ1) is 23.4. The van der Waals surface area contributed by atoms with E-state index in [1.165, 1.54) is 17.8 Å². The highest BCUT2D eigenvalue weighted by molar-refractivity contribution is 7.99. The predicted molar refractivity (Wildman–Crippen MR) is 95.9 cm³/mol. The monoisotopic (exact) mass is 375 g/mol. The van der Waals surface area contributed by atoms with Crippen molar-refractivity contribution in [3.05, 3.63) is 11.8 Å². The molecule has 25 heavy (non-hydrogen) atoms. The zero-order chi connectivity index (χ0) is 18.3. The third kappa shape index (κ3) is 8.37. The van der Waals surface area contributed by atoms with Gasteiger partial charge in [0.05, 0.1) is 12.0 Å². The van der Waals surface area contributed by atoms with Gasteiger partial charge < -0.3 is 32.2 Å². The normalized spacial score (nSPS) is 19.5. The Kier molecular flexibility index (Phi) is 9.76. The minimum Gasteiger partial charge on any atom is -0.548 e. The molecule has 1 amide bonds. The maximum absolute atomic E-state index is 11.9. The SMILES string of the molecule is CC1(C)CC1C(=O)N/C(=C\CCCCSCC(N)C(=O)[O-])C(=O)O.[NH4+]. The molecule has 9 heteroatoms. The zero-order valence-corrected chi connectivity index (χ0v) is 15.9. The standard InChI is InChI=1S/C16H26N2O5S.H3N/c1-16(2)8-10(16)13(19)18-12(15(22)23)6-4-3-5-7-24-9-11(17)14(20)21;/h6,10-11H,3-5,7-9,17H2,1-2H3,(H,18,19)(H,20,21)(H,22,23);1H3/b12-6-;. The summed E-state index contributed by atoms with van der Waals surface area (Å²) in [6.07, 6.45) is 4.37. The quantitative estimate of drug-likeness (QED) is 0.300. The summed E-state index contributed by atoms with van der Waals surface area (Å²) in [7, 11) is 0. The van der Waals surface area contributed by atoms with E-state index in [2.05, 4.69) is 5.32 Å². The minimum absolute atomic E-state index is 0. The molecule has 0 aromatic heterocycles. The van der Waals surface area contributed by atoms with Crippen LogP contribution in [0.15, 0.2) is 11.8 Å². The van der Waals surface area contributed by atoms with Gasteiger partial charge in [0.15, 0.2) is 0 Å². The van der Waals surface area contributed by atoms with Crippen LogP contribution in [-0.4, -0.2) is 40.5 Å². The molecule has 0 bridgehead atoms. The van der Waals surface area contributed by atoms with Gasteiger partial charge in [0.25, 0.3) is 0 Å². The molecule has 2 atom stereocenters. The average Bonchev–Trinajstić information content (AvgIpc) is 3.13. The lowest BCUT2D eigenvalue weighted by Crippen LogP contribution is -2.43. The van der Waals surface area contributed by atoms with Crippen LogP contribution in [0, 0.1) is 11.3 Å². The molecule has 8 nitrogen and oxygen atoms in total. The minimum atomic E-state index is -1.26. The Morgan fingerprint density at radius 2 is 2.00 bits per heavy atom. The van der Waals surface area contributed by atoms with E-state index in [4.69, 9.17) is 10.8 Å². The number of thioether (sulfide) groups is 1. The average molecular weight is 375 g/mol. The highest BCUT2D eigenvalue weighted by Gasteiger charge is 2.50. The number of carboxylic acids is 2. The molecule has 2 unspecified atom stereocenters. The number of unbranched alkanes of at least 4 members (excludes halogenated alkanes) is 2. The largest absolute Gasteiger partial charge is 0.548 e. The number of amides is 1. The van der Waals surface area contributed by atoms with Crippen molar-refractivity contribution in [1.82, 2.24) is 11.5 Å². The van der Waals surface area contributed by atoms with Gasteiger partial charge in [-0.05, 0) is 36.9 Å². The van der Waals surface area contributed by atoms with Crippen LogP contribution >= 0.6 is 11.8 Å². The highest BCUT2D eigenvalue weighted by atomic mass is 32.2. The van der Waals surface area contributed by atoms with Crippen LogP contribution < -0.4 is 22.3 Å². The number of carboxylic acid groups (broad SMARTS) is 2. The molecule has 0 radical (unpaired) electrons. The van der Waals surface area contributed by atoms with E-state index in [0.29, 0.717) is 12.2 Å². The van der Waals surface area contributed by atoms with Crippen LogP contribution in [0.25, 0.3) is 0 Å². The molecule has 1 aliphatic carbocycles. The van der Waals surface area contributed by atoms with E-state index in [-0.39, 0.29) is 29.1 Å². The second kappa shape index (κ2) is 10.4. The Balaban J connectivity index is 0.00000576. The molecule has 0 heterocycles. The van der Waals surface area contributed by atoms with E-state index in [9.17, 15) is 19.5 Å². The molecule has 1 fully saturated rings. The van der Waals surface area contributed by atoms with Crippen molar-refractivity contribution in [3.63, 3.8) is 0 Å². The van der Waals surface area contributed by atoms with Crippen LogP contribution in [0.5, 0.6) is 0 Å². The van der Waals surface area contributed by atoms with Crippen molar-refractivity contribution < 1.29 is 24.6 Å². The first-order chi connectivity index (χ1) is 11.1. The van der Waals surface area contributed by atoms with Crippen LogP contribution in [0.3, 0.4) is 0 Å². The second-order valence-electron chi connectivity index (χ2n) is 6.65. The molecule has 144 valence electrons. The lowest BCUT2D eigenvalue weighted by atomic mass is 10.1. The van der Waals surface area contributed by atoms with Crippen molar-refractivity contribution in [2.75, 3.05) is 11.5 Å². The van der Waals surface area contributed by atoms with Crippen LogP contribution in [-0.2, 0) is 14.4 Å². The van der Waals surface area contributed by atoms with E-state index in [1.54, 1.807) is 0 Å². The van der Waals surface area contributed by atoms with Gasteiger partial charge in [0.1, 0.15) is 5.70 Å². The van der Waals surface area contributed by atoms with Crippen molar-refractivity contribution in [2.24, 2.45) is 17.1 Å². The molecule has 1 rings (SSSR count). The number of allylic oxidation sites excluding steroid dienone is 1. The summed E-state index contributed by atoms with van der Waals surface area (Å²) < 4.78 is 0. The Hall–Kier alpha value is -1.58. The van der Waals surface area contributed by atoms with E-state index >= 15 is 0 Å². The molecule has 8 N–H and O–H groups in total. The number of nitrogens with one attached hydrogen (secondary N) is 1. The summed E-state index contributed by atoms with van der Waals surface area (Å²) in [5, 5.41) is 22.1. The fourth-order valence-electron chi connectivity index (χ4n) is 2.20. The number of carbonyl (C=O) groups excluding carboxylic acids is 2. The summed E-state index contributed by atoms with van der Waals surface area (Å²) in [4.78, 5) is 33.6. The van der Waals surface area contributed by atoms with Crippen molar-refractivity contribution >= 4 is 29.6 Å². The third-order valence-electron chi connectivity index (χ3n) is 4.01. The van der Waals surface area contributed by atoms with Crippen LogP contribution in [0.1, 0.15) is 39.5 Å². The molecule has 1 aliphatic rings. The van der Waals surface area contributed by atoms with Crippen molar-refractivity contribution in [1.29, 1.82) is 0 Å². The fourth-order valence-corrected chi connectivity index (χ4v) is 3.16. The molecule has 0 spiro atoms. The maximum Gasteiger partial charge on any atom is 0.352 e. The fraction of sp³-hybridized carbons (Fsp3) is 0.688. The van der Waals surface area contributed by atoms with Crippen molar-refractivity contribution in [2.45, 2.75) is 45.6 Å². The Labute approximate surface area is 152 Å². The number of carbonyl (C=O) groups is 3. The molecule has 0 aromatic rings. The van der Waals surface area contributed by atoms with Crippen molar-refractivity contribution in [3.8, 4) is 0 Å². The zero-order valence-electron chi connectivity index (χ0n) is 15.0. The van der Waals surface area contributed by atoms with Gasteiger partial charge in [0, 0.05) is 11.7 Å². The van der Waals surface area contributed by atoms with Gasteiger partial charge in [0.2, 0.25) is 5.91 Å². The number of quaternary nitrogens is 1. The molecule has 1 saturated carbocycles. The molecule has 0 aromatic carbocycles. The van der Waals surface area contributed by atoms with Gasteiger partial charge in [-0.3, -0.25) is 4.79 Å². The number of hydrogen-bond acceptors (Lipinski definition) is 6. The maximum atomic E-state index is 11.9. The topological polar surface area (TPSA) is 169 Å². The van der Waals surface area contributed by atoms with Crippen LogP contribution in [0.2, 0.25) is 0 Å². The van der Waals surface area contributed by atoms with Crippen LogP contribution in [0.4, 0.5) is 0 Å². The third-order valence-corrected chi connectivity index (χ3v) is 5.18. The van der Waals surface area contributed by atoms with Gasteiger partial charge in [-0.2, -0.15) is 11.8 Å². The predicted octanol–water partition coefficient (Wildman–Crippen LogP) is 0.474. The lowest BCUT2D eigenvalue weighted by Gasteiger charge is -2.11. The summed E-state index contributed by atoms with van der Waals surface area (Å²) in [6, 6.07) is -0.963. The number of aliphatic carboxylic acids is 2. The van der Waals surface area contributed by atoms with Gasteiger partial charge in [-0.25, -0.2) is 4.79 Å². The summed E-state index contributed by atoms with van der Waals surface area (Å²) in [6.45, 7) is 3.96.